The lowest BCUT2D eigenvalue weighted by Crippen LogP contribution is -2.43. The molecule has 174 valence electrons. The first kappa shape index (κ1) is 22.8. The van der Waals surface area contributed by atoms with Gasteiger partial charge in [0.15, 0.2) is 0 Å². The molecular weight excluding hydrogens is 422 g/mol. The maximum absolute atomic E-state index is 13.2. The molecule has 8 nitrogen and oxygen atoms in total. The van der Waals surface area contributed by atoms with Gasteiger partial charge in [0.05, 0.1) is 24.6 Å². The highest BCUT2D eigenvalue weighted by atomic mass is 16.5. The molecule has 33 heavy (non-hydrogen) atoms. The lowest BCUT2D eigenvalue weighted by molar-refractivity contribution is -0.135. The highest BCUT2D eigenvalue weighted by Gasteiger charge is 2.28. The summed E-state index contributed by atoms with van der Waals surface area (Å²) in [7, 11) is 1.61. The number of ether oxygens (including phenoxy) is 2. The maximum Gasteiger partial charge on any atom is 0.244 e. The molecule has 2 heterocycles. The number of para-hydroxylation sites is 2. The fraction of sp³-hybridized carbons (Fsp3) is 0.400. The van der Waals surface area contributed by atoms with Crippen molar-refractivity contribution >= 4 is 29.1 Å². The molecule has 1 saturated heterocycles. The first-order valence-corrected chi connectivity index (χ1v) is 11.2. The fourth-order valence-corrected chi connectivity index (χ4v) is 4.24. The number of nitrogens with zero attached hydrogens (tertiary/aromatic N) is 2. The number of anilines is 2. The second-order valence-electron chi connectivity index (χ2n) is 8.31. The summed E-state index contributed by atoms with van der Waals surface area (Å²) in [6.45, 7) is 1.56. The summed E-state index contributed by atoms with van der Waals surface area (Å²) < 4.78 is 11.1. The van der Waals surface area contributed by atoms with Crippen LogP contribution in [0.25, 0.3) is 0 Å². The zero-order valence-corrected chi connectivity index (χ0v) is 18.8. The van der Waals surface area contributed by atoms with Gasteiger partial charge in [-0.25, -0.2) is 0 Å². The average Bonchev–Trinajstić information content (AvgIpc) is 3.34. The van der Waals surface area contributed by atoms with Crippen LogP contribution in [0.4, 0.5) is 11.4 Å². The van der Waals surface area contributed by atoms with E-state index in [1.54, 1.807) is 30.2 Å². The smallest absolute Gasteiger partial charge is 0.244 e. The van der Waals surface area contributed by atoms with Crippen LogP contribution < -0.4 is 15.0 Å². The van der Waals surface area contributed by atoms with Gasteiger partial charge in [0.2, 0.25) is 17.7 Å². The van der Waals surface area contributed by atoms with Crippen LogP contribution in [0.2, 0.25) is 0 Å². The highest BCUT2D eigenvalue weighted by Crippen LogP contribution is 2.29. The molecule has 2 aromatic rings. The zero-order chi connectivity index (χ0) is 23.2. The Labute approximate surface area is 193 Å². The molecular formula is C25H29N3O5. The Kier molecular flexibility index (Phi) is 7.24. The number of nitrogens with one attached hydrogen (secondary N) is 1. The number of hydrogen-bond donors (Lipinski definition) is 1. The van der Waals surface area contributed by atoms with Crippen molar-refractivity contribution in [3.63, 3.8) is 0 Å². The summed E-state index contributed by atoms with van der Waals surface area (Å²) in [4.78, 5) is 41.4. The molecule has 2 aliphatic rings. The average molecular weight is 452 g/mol. The Morgan fingerprint density at radius 3 is 2.82 bits per heavy atom. The van der Waals surface area contributed by atoms with E-state index >= 15 is 0 Å². The van der Waals surface area contributed by atoms with Gasteiger partial charge in [-0.15, -0.1) is 0 Å². The van der Waals surface area contributed by atoms with Crippen LogP contribution in [0.15, 0.2) is 48.5 Å². The van der Waals surface area contributed by atoms with E-state index in [0.29, 0.717) is 31.1 Å². The molecule has 1 unspecified atom stereocenters. The van der Waals surface area contributed by atoms with Crippen LogP contribution >= 0.6 is 0 Å². The molecule has 0 aliphatic carbocycles. The number of carbonyl (C=O) groups is 3. The number of hydrogen-bond acceptors (Lipinski definition) is 5. The molecule has 2 aromatic carbocycles. The van der Waals surface area contributed by atoms with Gasteiger partial charge in [0.1, 0.15) is 12.3 Å². The largest absolute Gasteiger partial charge is 0.497 e. The van der Waals surface area contributed by atoms with E-state index in [-0.39, 0.29) is 43.2 Å². The summed E-state index contributed by atoms with van der Waals surface area (Å²) in [6, 6.07) is 14.8. The Hall–Kier alpha value is -3.39. The molecule has 0 radical (unpaired) electrons. The first-order chi connectivity index (χ1) is 16.0. The number of carbonyl (C=O) groups excluding carboxylic acids is 3. The van der Waals surface area contributed by atoms with Gasteiger partial charge in [-0.2, -0.15) is 0 Å². The van der Waals surface area contributed by atoms with Crippen molar-refractivity contribution < 1.29 is 23.9 Å². The number of amides is 3. The minimum atomic E-state index is -0.246. The minimum Gasteiger partial charge on any atom is -0.497 e. The standard InChI is InChI=1S/C25H29N3O5/c1-32-19-7-4-6-18(14-19)15-27(16-20-8-5-13-33-20)24(30)11-12-25(31)28-17-23(29)26-21-9-2-3-10-22(21)28/h2-4,6-7,9-10,14,20H,5,8,11-13,15-17H2,1H3,(H,26,29). The van der Waals surface area contributed by atoms with Crippen LogP contribution in [0.5, 0.6) is 5.75 Å². The Balaban J connectivity index is 1.42. The lowest BCUT2D eigenvalue weighted by Gasteiger charge is -2.30. The van der Waals surface area contributed by atoms with Gasteiger partial charge in [-0.1, -0.05) is 24.3 Å². The molecule has 0 saturated carbocycles. The molecule has 8 heteroatoms. The monoisotopic (exact) mass is 451 g/mol. The third kappa shape index (κ3) is 5.70. The van der Waals surface area contributed by atoms with Crippen LogP contribution in [0, 0.1) is 0 Å². The van der Waals surface area contributed by atoms with Crippen molar-refractivity contribution in [2.75, 3.05) is 37.0 Å². The highest BCUT2D eigenvalue weighted by molar-refractivity contribution is 6.10. The topological polar surface area (TPSA) is 88.2 Å². The Morgan fingerprint density at radius 2 is 2.03 bits per heavy atom. The molecule has 1 atom stereocenters. The summed E-state index contributed by atoms with van der Waals surface area (Å²) in [5.74, 6) is 0.126. The molecule has 1 N–H and O–H groups in total. The van der Waals surface area contributed by atoms with Crippen LogP contribution in [-0.2, 0) is 25.7 Å². The number of rotatable bonds is 8. The fourth-order valence-electron chi connectivity index (χ4n) is 4.24. The second-order valence-corrected chi connectivity index (χ2v) is 8.31. The molecule has 0 bridgehead atoms. The van der Waals surface area contributed by atoms with Crippen LogP contribution in [0.1, 0.15) is 31.2 Å². The van der Waals surface area contributed by atoms with E-state index in [4.69, 9.17) is 9.47 Å². The summed E-state index contributed by atoms with van der Waals surface area (Å²) in [5, 5.41) is 2.77. The molecule has 4 rings (SSSR count). The van der Waals surface area contributed by atoms with Crippen molar-refractivity contribution in [1.29, 1.82) is 0 Å². The molecule has 2 aliphatic heterocycles. The Bertz CT molecular complexity index is 1020. The van der Waals surface area contributed by atoms with Crippen molar-refractivity contribution in [2.24, 2.45) is 0 Å². The number of fused-ring (bicyclic) bond motifs is 1. The number of methoxy groups -OCH3 is 1. The minimum absolute atomic E-state index is 0.00734. The zero-order valence-electron chi connectivity index (χ0n) is 18.8. The molecule has 0 spiro atoms. The van der Waals surface area contributed by atoms with Gasteiger partial charge in [-0.05, 0) is 42.7 Å². The third-order valence-corrected chi connectivity index (χ3v) is 5.93. The van der Waals surface area contributed by atoms with Crippen LogP contribution in [-0.4, -0.2) is 55.5 Å². The van der Waals surface area contributed by atoms with E-state index in [1.165, 1.54) is 4.90 Å². The van der Waals surface area contributed by atoms with Gasteiger partial charge in [0, 0.05) is 32.5 Å². The third-order valence-electron chi connectivity index (χ3n) is 5.93. The predicted octanol–water partition coefficient (Wildman–Crippen LogP) is 2.97. The lowest BCUT2D eigenvalue weighted by atomic mass is 10.1. The Morgan fingerprint density at radius 1 is 1.18 bits per heavy atom. The van der Waals surface area contributed by atoms with E-state index in [9.17, 15) is 14.4 Å². The summed E-state index contributed by atoms with van der Waals surface area (Å²) in [6.07, 6.45) is 2.01. The molecule has 0 aromatic heterocycles. The summed E-state index contributed by atoms with van der Waals surface area (Å²) in [5.41, 5.74) is 2.21. The van der Waals surface area contributed by atoms with Gasteiger partial charge in [-0.3, -0.25) is 14.4 Å². The van der Waals surface area contributed by atoms with Gasteiger partial charge >= 0.3 is 0 Å². The summed E-state index contributed by atoms with van der Waals surface area (Å²) >= 11 is 0. The van der Waals surface area contributed by atoms with Crippen molar-refractivity contribution in [1.82, 2.24) is 4.90 Å². The first-order valence-electron chi connectivity index (χ1n) is 11.2. The number of benzene rings is 2. The van der Waals surface area contributed by atoms with Crippen LogP contribution in [0.3, 0.4) is 0 Å². The predicted molar refractivity (Wildman–Crippen MR) is 124 cm³/mol. The normalized spacial score (nSPS) is 17.3. The quantitative estimate of drug-likeness (QED) is 0.667. The molecule has 3 amide bonds. The van der Waals surface area contributed by atoms with Crippen molar-refractivity contribution in [3.8, 4) is 5.75 Å². The second kappa shape index (κ2) is 10.5. The van der Waals surface area contributed by atoms with Gasteiger partial charge < -0.3 is 24.6 Å². The van der Waals surface area contributed by atoms with E-state index < -0.39 is 0 Å². The van der Waals surface area contributed by atoms with Gasteiger partial charge in [0.25, 0.3) is 0 Å². The van der Waals surface area contributed by atoms with E-state index in [1.807, 2.05) is 30.3 Å². The van der Waals surface area contributed by atoms with Crippen molar-refractivity contribution in [2.45, 2.75) is 38.3 Å². The SMILES string of the molecule is COc1cccc(CN(CC2CCCO2)C(=O)CCC(=O)N2CC(=O)Nc3ccccc32)c1. The molecule has 1 fully saturated rings. The van der Waals surface area contributed by atoms with Crippen molar-refractivity contribution in [3.05, 3.63) is 54.1 Å². The van der Waals surface area contributed by atoms with E-state index in [0.717, 1.165) is 24.2 Å². The maximum atomic E-state index is 13.2. The van der Waals surface area contributed by atoms with E-state index in [2.05, 4.69) is 5.32 Å².